The summed E-state index contributed by atoms with van der Waals surface area (Å²) >= 11 is 5.54. The van der Waals surface area contributed by atoms with Gasteiger partial charge in [0.15, 0.2) is 0 Å². The number of amides is 2. The highest BCUT2D eigenvalue weighted by Gasteiger charge is 2.44. The number of anilines is 1. The van der Waals surface area contributed by atoms with Crippen LogP contribution in [0.1, 0.15) is 19.4 Å². The SMILES string of the molecule is CC1(C)C(=N)NC(=O)N1c1ccc(Cl)c(C(F)(F)F)c1. The van der Waals surface area contributed by atoms with Crippen LogP contribution in [0, 0.1) is 5.41 Å². The Bertz CT molecular complexity index is 598. The van der Waals surface area contributed by atoms with Gasteiger partial charge in [0.25, 0.3) is 0 Å². The zero-order chi connectivity index (χ0) is 15.3. The molecular formula is C12H11ClF3N3O. The van der Waals surface area contributed by atoms with Crippen molar-refractivity contribution in [1.82, 2.24) is 5.32 Å². The van der Waals surface area contributed by atoms with Crippen LogP contribution in [0.3, 0.4) is 0 Å². The first-order chi connectivity index (χ1) is 9.05. The maximum absolute atomic E-state index is 12.8. The molecule has 2 amide bonds. The molecule has 20 heavy (non-hydrogen) atoms. The lowest BCUT2D eigenvalue weighted by molar-refractivity contribution is -0.137. The van der Waals surface area contributed by atoms with Crippen molar-refractivity contribution in [2.24, 2.45) is 0 Å². The lowest BCUT2D eigenvalue weighted by atomic mass is 10.0. The fourth-order valence-corrected chi connectivity index (χ4v) is 2.22. The highest BCUT2D eigenvalue weighted by atomic mass is 35.5. The van der Waals surface area contributed by atoms with Crippen molar-refractivity contribution in [3.63, 3.8) is 0 Å². The van der Waals surface area contributed by atoms with Crippen LogP contribution in [0.5, 0.6) is 0 Å². The minimum Gasteiger partial charge on any atom is -0.294 e. The fourth-order valence-electron chi connectivity index (χ4n) is 1.99. The molecule has 1 fully saturated rings. The molecule has 0 saturated carbocycles. The fraction of sp³-hybridized carbons (Fsp3) is 0.333. The van der Waals surface area contributed by atoms with Crippen molar-refractivity contribution in [1.29, 1.82) is 5.41 Å². The summed E-state index contributed by atoms with van der Waals surface area (Å²) < 4.78 is 38.5. The Balaban J connectivity index is 2.54. The summed E-state index contributed by atoms with van der Waals surface area (Å²) in [4.78, 5) is 12.9. The van der Waals surface area contributed by atoms with E-state index in [2.05, 4.69) is 5.32 Å². The third kappa shape index (κ3) is 2.22. The number of alkyl halides is 3. The zero-order valence-corrected chi connectivity index (χ0v) is 11.4. The number of hydrogen-bond acceptors (Lipinski definition) is 2. The van der Waals surface area contributed by atoms with Gasteiger partial charge in [-0.25, -0.2) is 4.79 Å². The van der Waals surface area contributed by atoms with Crippen LogP contribution in [-0.4, -0.2) is 17.4 Å². The molecule has 0 atom stereocenters. The lowest BCUT2D eigenvalue weighted by Gasteiger charge is -2.29. The number of carbonyl (C=O) groups is 1. The van der Waals surface area contributed by atoms with Crippen molar-refractivity contribution in [3.05, 3.63) is 28.8 Å². The normalized spacial score (nSPS) is 18.4. The number of halogens is 4. The first kappa shape index (κ1) is 14.6. The van der Waals surface area contributed by atoms with Crippen LogP contribution >= 0.6 is 11.6 Å². The van der Waals surface area contributed by atoms with Crippen molar-refractivity contribution >= 4 is 29.2 Å². The topological polar surface area (TPSA) is 56.2 Å². The molecule has 1 heterocycles. The Morgan fingerprint density at radius 1 is 1.35 bits per heavy atom. The lowest BCUT2D eigenvalue weighted by Crippen LogP contribution is -2.44. The van der Waals surface area contributed by atoms with E-state index in [-0.39, 0.29) is 11.5 Å². The first-order valence-corrected chi connectivity index (χ1v) is 6.00. The molecule has 0 spiro atoms. The second-order valence-corrected chi connectivity index (χ2v) is 5.27. The third-order valence-electron chi connectivity index (χ3n) is 3.12. The Morgan fingerprint density at radius 2 is 1.95 bits per heavy atom. The molecule has 0 radical (unpaired) electrons. The average molecular weight is 306 g/mol. The van der Waals surface area contributed by atoms with E-state index in [1.54, 1.807) is 13.8 Å². The van der Waals surface area contributed by atoms with Gasteiger partial charge in [-0.3, -0.25) is 15.6 Å². The summed E-state index contributed by atoms with van der Waals surface area (Å²) in [7, 11) is 0. The van der Waals surface area contributed by atoms with Gasteiger partial charge in [0.2, 0.25) is 0 Å². The van der Waals surface area contributed by atoms with Gasteiger partial charge in [0.05, 0.1) is 10.6 Å². The van der Waals surface area contributed by atoms with E-state index >= 15 is 0 Å². The van der Waals surface area contributed by atoms with Crippen LogP contribution in [-0.2, 0) is 6.18 Å². The van der Waals surface area contributed by atoms with Crippen LogP contribution < -0.4 is 10.2 Å². The number of nitrogens with zero attached hydrogens (tertiary/aromatic N) is 1. The van der Waals surface area contributed by atoms with E-state index in [9.17, 15) is 18.0 Å². The van der Waals surface area contributed by atoms with E-state index in [0.717, 1.165) is 17.0 Å². The Kier molecular flexibility index (Phi) is 3.20. The largest absolute Gasteiger partial charge is 0.417 e. The van der Waals surface area contributed by atoms with Crippen molar-refractivity contribution in [3.8, 4) is 0 Å². The van der Waals surface area contributed by atoms with Gasteiger partial charge in [0.1, 0.15) is 11.4 Å². The molecule has 2 rings (SSSR count). The second kappa shape index (κ2) is 4.37. The van der Waals surface area contributed by atoms with Crippen LogP contribution in [0.2, 0.25) is 5.02 Å². The maximum atomic E-state index is 12.8. The predicted octanol–water partition coefficient (Wildman–Crippen LogP) is 3.64. The van der Waals surface area contributed by atoms with Crippen LogP contribution in [0.15, 0.2) is 18.2 Å². The highest BCUT2D eigenvalue weighted by Crippen LogP contribution is 2.38. The van der Waals surface area contributed by atoms with Crippen molar-refractivity contribution in [2.75, 3.05) is 4.90 Å². The first-order valence-electron chi connectivity index (χ1n) is 5.62. The molecule has 1 aliphatic rings. The number of urea groups is 1. The Morgan fingerprint density at radius 3 is 2.40 bits per heavy atom. The number of amidine groups is 1. The van der Waals surface area contributed by atoms with Gasteiger partial charge < -0.3 is 0 Å². The van der Waals surface area contributed by atoms with Crippen LogP contribution in [0.4, 0.5) is 23.7 Å². The number of nitrogens with one attached hydrogen (secondary N) is 2. The zero-order valence-electron chi connectivity index (χ0n) is 10.6. The highest BCUT2D eigenvalue weighted by molar-refractivity contribution is 6.31. The van der Waals surface area contributed by atoms with E-state index < -0.39 is 28.3 Å². The maximum Gasteiger partial charge on any atom is 0.417 e. The monoisotopic (exact) mass is 305 g/mol. The summed E-state index contributed by atoms with van der Waals surface area (Å²) in [5.41, 5.74) is -2.03. The summed E-state index contributed by atoms with van der Waals surface area (Å²) in [5, 5.41) is 9.51. The van der Waals surface area contributed by atoms with Gasteiger partial charge in [-0.2, -0.15) is 13.2 Å². The van der Waals surface area contributed by atoms with Gasteiger partial charge in [-0.05, 0) is 32.0 Å². The van der Waals surface area contributed by atoms with E-state index in [1.807, 2.05) is 0 Å². The molecule has 1 saturated heterocycles. The summed E-state index contributed by atoms with van der Waals surface area (Å²) in [6.45, 7) is 3.13. The molecule has 4 nitrogen and oxygen atoms in total. The Labute approximate surface area is 118 Å². The number of benzene rings is 1. The second-order valence-electron chi connectivity index (χ2n) is 4.86. The van der Waals surface area contributed by atoms with E-state index in [4.69, 9.17) is 17.0 Å². The molecule has 1 aromatic rings. The molecule has 0 aliphatic carbocycles. The molecule has 1 aromatic carbocycles. The predicted molar refractivity (Wildman–Crippen MR) is 69.3 cm³/mol. The quantitative estimate of drug-likeness (QED) is 0.817. The minimum absolute atomic E-state index is 0.0338. The smallest absolute Gasteiger partial charge is 0.294 e. The molecular weight excluding hydrogens is 295 g/mol. The van der Waals surface area contributed by atoms with E-state index in [0.29, 0.717) is 0 Å². The Hall–Kier alpha value is -1.76. The molecule has 8 heteroatoms. The summed E-state index contributed by atoms with van der Waals surface area (Å²) in [6, 6.07) is 2.57. The average Bonchev–Trinajstić information content (AvgIpc) is 2.48. The minimum atomic E-state index is -4.61. The van der Waals surface area contributed by atoms with Gasteiger partial charge in [-0.15, -0.1) is 0 Å². The molecule has 1 aliphatic heterocycles. The number of rotatable bonds is 1. The number of hydrogen-bond donors (Lipinski definition) is 2. The van der Waals surface area contributed by atoms with Gasteiger partial charge in [-0.1, -0.05) is 11.6 Å². The molecule has 0 unspecified atom stereocenters. The summed E-state index contributed by atoms with van der Waals surface area (Å²) in [5.74, 6) is -0.0778. The molecule has 0 aromatic heterocycles. The standard InChI is InChI=1S/C12H11ClF3N3O/c1-11(2)9(17)18-10(20)19(11)6-3-4-8(13)7(5-6)12(14,15)16/h3-5H,1-2H3,(H2,17,18,20). The van der Waals surface area contributed by atoms with Gasteiger partial charge in [0, 0.05) is 5.69 Å². The van der Waals surface area contributed by atoms with Crippen molar-refractivity contribution < 1.29 is 18.0 Å². The van der Waals surface area contributed by atoms with Crippen molar-refractivity contribution in [2.45, 2.75) is 25.6 Å². The van der Waals surface area contributed by atoms with Crippen LogP contribution in [0.25, 0.3) is 0 Å². The van der Waals surface area contributed by atoms with E-state index in [1.165, 1.54) is 6.07 Å². The number of carbonyl (C=O) groups excluding carboxylic acids is 1. The molecule has 0 bridgehead atoms. The van der Waals surface area contributed by atoms with Gasteiger partial charge >= 0.3 is 12.2 Å². The summed E-state index contributed by atoms with van der Waals surface area (Å²) in [6.07, 6.45) is -4.61. The molecule has 108 valence electrons. The molecule has 2 N–H and O–H groups in total. The third-order valence-corrected chi connectivity index (χ3v) is 3.45.